The second kappa shape index (κ2) is 9.52. The highest BCUT2D eigenvalue weighted by atomic mass is 16.5. The van der Waals surface area contributed by atoms with Crippen molar-refractivity contribution in [3.8, 4) is 17.1 Å². The standard InChI is InChI=1S/C27H25NO4/c1-4-30-22-13-14-25-23(16-22)24(17-26(32-25)19-11-9-18(3)10-12-19)28-21-8-6-7-20(15-21)27(29)31-5-2/h6-17H,4-5H2,1-3H3. The highest BCUT2D eigenvalue weighted by molar-refractivity contribution is 5.90. The van der Waals surface area contributed by atoms with Crippen molar-refractivity contribution in [1.29, 1.82) is 0 Å². The van der Waals surface area contributed by atoms with Gasteiger partial charge in [-0.15, -0.1) is 0 Å². The van der Waals surface area contributed by atoms with Gasteiger partial charge in [0.05, 0.1) is 29.8 Å². The maximum Gasteiger partial charge on any atom is 0.338 e. The third-order valence-electron chi connectivity index (χ3n) is 4.97. The van der Waals surface area contributed by atoms with Crippen LogP contribution >= 0.6 is 0 Å². The molecule has 0 atom stereocenters. The number of hydrogen-bond donors (Lipinski definition) is 0. The predicted octanol–water partition coefficient (Wildman–Crippen LogP) is 6.22. The molecule has 0 amide bonds. The summed E-state index contributed by atoms with van der Waals surface area (Å²) in [5, 5.41) is 1.55. The van der Waals surface area contributed by atoms with Crippen LogP contribution in [-0.2, 0) is 4.74 Å². The molecule has 4 aromatic rings. The van der Waals surface area contributed by atoms with E-state index in [2.05, 4.69) is 0 Å². The average molecular weight is 428 g/mol. The van der Waals surface area contributed by atoms with Gasteiger partial charge in [0, 0.05) is 17.0 Å². The number of nitrogens with zero attached hydrogens (tertiary/aromatic N) is 1. The van der Waals surface area contributed by atoms with Gasteiger partial charge in [-0.1, -0.05) is 35.9 Å². The lowest BCUT2D eigenvalue weighted by atomic mass is 10.1. The lowest BCUT2D eigenvalue weighted by Gasteiger charge is -2.08. The predicted molar refractivity (Wildman–Crippen MR) is 125 cm³/mol. The molecule has 4 rings (SSSR count). The van der Waals surface area contributed by atoms with Crippen LogP contribution in [-0.4, -0.2) is 19.2 Å². The second-order valence-corrected chi connectivity index (χ2v) is 7.34. The van der Waals surface area contributed by atoms with Gasteiger partial charge in [0.25, 0.3) is 0 Å². The summed E-state index contributed by atoms with van der Waals surface area (Å²) in [6, 6.07) is 22.9. The van der Waals surface area contributed by atoms with E-state index in [1.807, 2.05) is 68.4 Å². The molecule has 0 radical (unpaired) electrons. The van der Waals surface area contributed by atoms with Crippen molar-refractivity contribution in [3.63, 3.8) is 0 Å². The van der Waals surface area contributed by atoms with E-state index in [1.54, 1.807) is 25.1 Å². The molecule has 0 aliphatic carbocycles. The molecule has 0 saturated heterocycles. The van der Waals surface area contributed by atoms with Crippen molar-refractivity contribution in [2.75, 3.05) is 13.2 Å². The Labute approximate surface area is 187 Å². The van der Waals surface area contributed by atoms with Crippen LogP contribution in [0.3, 0.4) is 0 Å². The van der Waals surface area contributed by atoms with Gasteiger partial charge in [0.2, 0.25) is 0 Å². The van der Waals surface area contributed by atoms with Crippen LogP contribution in [0.15, 0.2) is 82.2 Å². The molecule has 0 bridgehead atoms. The van der Waals surface area contributed by atoms with E-state index in [9.17, 15) is 4.79 Å². The second-order valence-electron chi connectivity index (χ2n) is 7.34. The van der Waals surface area contributed by atoms with Crippen molar-refractivity contribution < 1.29 is 18.7 Å². The van der Waals surface area contributed by atoms with E-state index in [0.29, 0.717) is 35.8 Å². The first-order valence-electron chi connectivity index (χ1n) is 10.7. The van der Waals surface area contributed by atoms with Gasteiger partial charge < -0.3 is 13.9 Å². The summed E-state index contributed by atoms with van der Waals surface area (Å²) in [6.45, 7) is 6.67. The van der Waals surface area contributed by atoms with Crippen LogP contribution in [0.4, 0.5) is 5.69 Å². The summed E-state index contributed by atoms with van der Waals surface area (Å²) in [5.74, 6) is 1.09. The van der Waals surface area contributed by atoms with Crippen molar-refractivity contribution in [3.05, 3.63) is 89.3 Å². The zero-order valence-corrected chi connectivity index (χ0v) is 18.4. The van der Waals surface area contributed by atoms with Gasteiger partial charge in [-0.2, -0.15) is 0 Å². The van der Waals surface area contributed by atoms with E-state index >= 15 is 0 Å². The van der Waals surface area contributed by atoms with Crippen LogP contribution in [0.25, 0.3) is 22.3 Å². The molecule has 0 saturated carbocycles. The molecular formula is C27H25NO4. The van der Waals surface area contributed by atoms with Gasteiger partial charge >= 0.3 is 5.97 Å². The van der Waals surface area contributed by atoms with Crippen LogP contribution in [0.2, 0.25) is 0 Å². The number of fused-ring (bicyclic) bond motifs is 1. The van der Waals surface area contributed by atoms with Gasteiger partial charge in [0.1, 0.15) is 17.1 Å². The fourth-order valence-corrected chi connectivity index (χ4v) is 3.41. The highest BCUT2D eigenvalue weighted by Gasteiger charge is 2.10. The molecule has 0 aliphatic heterocycles. The van der Waals surface area contributed by atoms with Crippen molar-refractivity contribution in [2.24, 2.45) is 4.99 Å². The van der Waals surface area contributed by atoms with Gasteiger partial charge in [-0.25, -0.2) is 9.79 Å². The van der Waals surface area contributed by atoms with Crippen LogP contribution < -0.4 is 10.1 Å². The number of carbonyl (C=O) groups is 1. The minimum absolute atomic E-state index is 0.325. The Morgan fingerprint density at radius 1 is 0.938 bits per heavy atom. The van der Waals surface area contributed by atoms with Crippen molar-refractivity contribution in [1.82, 2.24) is 0 Å². The lowest BCUT2D eigenvalue weighted by molar-refractivity contribution is 0.0526. The topological polar surface area (TPSA) is 61.0 Å². The first-order chi connectivity index (χ1) is 15.6. The monoisotopic (exact) mass is 427 g/mol. The molecule has 162 valence electrons. The zero-order valence-electron chi connectivity index (χ0n) is 18.4. The largest absolute Gasteiger partial charge is 0.494 e. The Morgan fingerprint density at radius 2 is 1.75 bits per heavy atom. The maximum atomic E-state index is 12.1. The Balaban J connectivity index is 1.90. The minimum Gasteiger partial charge on any atom is -0.494 e. The summed E-state index contributed by atoms with van der Waals surface area (Å²) in [5.41, 5.74) is 3.96. The molecule has 1 aromatic heterocycles. The Bertz CT molecular complexity index is 1320. The normalized spacial score (nSPS) is 11.5. The summed E-state index contributed by atoms with van der Waals surface area (Å²) >= 11 is 0. The number of ether oxygens (including phenoxy) is 2. The molecular weight excluding hydrogens is 402 g/mol. The molecule has 5 heteroatoms. The number of hydrogen-bond acceptors (Lipinski definition) is 5. The van der Waals surface area contributed by atoms with Crippen LogP contribution in [0, 0.1) is 6.92 Å². The third-order valence-corrected chi connectivity index (χ3v) is 4.97. The zero-order chi connectivity index (χ0) is 22.5. The summed E-state index contributed by atoms with van der Waals surface area (Å²) in [6.07, 6.45) is 0. The minimum atomic E-state index is -0.364. The highest BCUT2D eigenvalue weighted by Crippen LogP contribution is 2.26. The molecule has 0 N–H and O–H groups in total. The van der Waals surface area contributed by atoms with Crippen molar-refractivity contribution >= 4 is 22.6 Å². The van der Waals surface area contributed by atoms with E-state index in [4.69, 9.17) is 18.9 Å². The van der Waals surface area contributed by atoms with Gasteiger partial charge in [-0.05, 0) is 57.2 Å². The number of benzene rings is 3. The fraction of sp³-hybridized carbons (Fsp3) is 0.185. The van der Waals surface area contributed by atoms with Crippen LogP contribution in [0.1, 0.15) is 29.8 Å². The maximum absolute atomic E-state index is 12.1. The summed E-state index contributed by atoms with van der Waals surface area (Å²) in [7, 11) is 0. The van der Waals surface area contributed by atoms with Crippen molar-refractivity contribution in [2.45, 2.75) is 20.8 Å². The molecule has 0 fully saturated rings. The number of aryl methyl sites for hydroxylation is 1. The van der Waals surface area contributed by atoms with E-state index in [0.717, 1.165) is 22.1 Å². The quantitative estimate of drug-likeness (QED) is 0.343. The molecule has 0 unspecified atom stereocenters. The summed E-state index contributed by atoms with van der Waals surface area (Å²) < 4.78 is 17.0. The number of rotatable bonds is 6. The van der Waals surface area contributed by atoms with E-state index in [-0.39, 0.29) is 5.97 Å². The summed E-state index contributed by atoms with van der Waals surface area (Å²) in [4.78, 5) is 17.0. The molecule has 1 heterocycles. The number of carbonyl (C=O) groups excluding carboxylic acids is 1. The third kappa shape index (κ3) is 4.72. The average Bonchev–Trinajstić information content (AvgIpc) is 2.80. The number of esters is 1. The Morgan fingerprint density at radius 3 is 2.50 bits per heavy atom. The molecule has 5 nitrogen and oxygen atoms in total. The molecule has 0 spiro atoms. The molecule has 32 heavy (non-hydrogen) atoms. The Kier molecular flexibility index (Phi) is 6.36. The molecule has 3 aromatic carbocycles. The lowest BCUT2D eigenvalue weighted by Crippen LogP contribution is -2.05. The van der Waals surface area contributed by atoms with E-state index < -0.39 is 0 Å². The van der Waals surface area contributed by atoms with Gasteiger partial charge in [0.15, 0.2) is 0 Å². The van der Waals surface area contributed by atoms with E-state index in [1.165, 1.54) is 5.56 Å². The van der Waals surface area contributed by atoms with Gasteiger partial charge in [-0.3, -0.25) is 0 Å². The molecule has 0 aliphatic rings. The van der Waals surface area contributed by atoms with Crippen LogP contribution in [0.5, 0.6) is 5.75 Å². The first-order valence-corrected chi connectivity index (χ1v) is 10.7. The Hall–Kier alpha value is -3.86. The SMILES string of the molecule is CCOC(=O)c1cccc(N=c2cc(-c3ccc(C)cc3)oc3ccc(OCC)cc23)c1. The smallest absolute Gasteiger partial charge is 0.338 e. The first kappa shape index (κ1) is 21.4. The fourth-order valence-electron chi connectivity index (χ4n) is 3.41.